The van der Waals surface area contributed by atoms with Crippen molar-refractivity contribution in [2.75, 3.05) is 20.2 Å². The molecule has 7 nitrogen and oxygen atoms in total. The second-order valence-electron chi connectivity index (χ2n) is 3.83. The summed E-state index contributed by atoms with van der Waals surface area (Å²) in [5.41, 5.74) is -0.472. The first kappa shape index (κ1) is 14.9. The van der Waals surface area contributed by atoms with Crippen molar-refractivity contribution in [2.24, 2.45) is 0 Å². The molecule has 0 atom stereocenters. The van der Waals surface area contributed by atoms with Crippen molar-refractivity contribution < 1.29 is 14.3 Å². The normalized spacial score (nSPS) is 10.0. The van der Waals surface area contributed by atoms with Gasteiger partial charge in [-0.05, 0) is 13.0 Å². The summed E-state index contributed by atoms with van der Waals surface area (Å²) in [5.74, 6) is -0.605. The van der Waals surface area contributed by atoms with E-state index in [9.17, 15) is 14.4 Å². The van der Waals surface area contributed by atoms with E-state index < -0.39 is 5.69 Å². The Hall–Kier alpha value is -2.18. The first-order valence-corrected chi connectivity index (χ1v) is 5.94. The van der Waals surface area contributed by atoms with Crippen molar-refractivity contribution in [3.63, 3.8) is 0 Å². The fraction of sp³-hybridized carbons (Fsp3) is 0.500. The Bertz CT molecular complexity index is 498. The smallest absolute Gasteiger partial charge is 0.347 e. The number of esters is 1. The van der Waals surface area contributed by atoms with Gasteiger partial charge >= 0.3 is 11.7 Å². The van der Waals surface area contributed by atoms with Gasteiger partial charge in [0.25, 0.3) is 0 Å². The van der Waals surface area contributed by atoms with Gasteiger partial charge < -0.3 is 9.64 Å². The van der Waals surface area contributed by atoms with E-state index in [2.05, 4.69) is 9.72 Å². The fourth-order valence-electron chi connectivity index (χ4n) is 1.54. The summed E-state index contributed by atoms with van der Waals surface area (Å²) in [6.07, 6.45) is 3.01. The summed E-state index contributed by atoms with van der Waals surface area (Å²) in [6, 6.07) is 1.58. The maximum atomic E-state index is 12.0. The molecule has 0 aliphatic heterocycles. The number of hydrogen-bond acceptors (Lipinski definition) is 5. The molecule has 0 aromatic carbocycles. The SMILES string of the molecule is CCN(CCC(=O)OC)C(=O)Cn1cccnc1=O. The largest absolute Gasteiger partial charge is 0.469 e. The van der Waals surface area contributed by atoms with Gasteiger partial charge in [0.1, 0.15) is 6.54 Å². The molecule has 19 heavy (non-hydrogen) atoms. The highest BCUT2D eigenvalue weighted by atomic mass is 16.5. The van der Waals surface area contributed by atoms with E-state index in [0.29, 0.717) is 6.54 Å². The molecule has 0 saturated heterocycles. The number of nitrogens with zero attached hydrogens (tertiary/aromatic N) is 3. The minimum absolute atomic E-state index is 0.0817. The minimum Gasteiger partial charge on any atom is -0.469 e. The summed E-state index contributed by atoms with van der Waals surface area (Å²) in [7, 11) is 1.30. The first-order chi connectivity index (χ1) is 9.08. The van der Waals surface area contributed by atoms with Crippen molar-refractivity contribution in [2.45, 2.75) is 19.9 Å². The lowest BCUT2D eigenvalue weighted by Crippen LogP contribution is -2.38. The van der Waals surface area contributed by atoms with E-state index in [4.69, 9.17) is 0 Å². The van der Waals surface area contributed by atoms with E-state index in [0.717, 1.165) is 0 Å². The highest BCUT2D eigenvalue weighted by Gasteiger charge is 2.14. The van der Waals surface area contributed by atoms with E-state index in [1.165, 1.54) is 29.0 Å². The van der Waals surface area contributed by atoms with E-state index >= 15 is 0 Å². The highest BCUT2D eigenvalue weighted by molar-refractivity contribution is 5.77. The zero-order valence-corrected chi connectivity index (χ0v) is 11.0. The number of carbonyl (C=O) groups excluding carboxylic acids is 2. The number of aromatic nitrogens is 2. The summed E-state index contributed by atoms with van der Waals surface area (Å²) in [4.78, 5) is 39.5. The van der Waals surface area contributed by atoms with Crippen molar-refractivity contribution in [1.29, 1.82) is 0 Å². The van der Waals surface area contributed by atoms with Gasteiger partial charge in [0.15, 0.2) is 0 Å². The van der Waals surface area contributed by atoms with E-state index in [-0.39, 0.29) is 31.4 Å². The van der Waals surface area contributed by atoms with Gasteiger partial charge in [0.2, 0.25) is 5.91 Å². The molecular weight excluding hydrogens is 250 g/mol. The van der Waals surface area contributed by atoms with Gasteiger partial charge in [0, 0.05) is 25.5 Å². The Balaban J connectivity index is 2.62. The lowest BCUT2D eigenvalue weighted by atomic mass is 10.3. The van der Waals surface area contributed by atoms with Crippen LogP contribution in [-0.4, -0.2) is 46.5 Å². The van der Waals surface area contributed by atoms with Crippen LogP contribution in [0, 0.1) is 0 Å². The van der Waals surface area contributed by atoms with Gasteiger partial charge in [-0.25, -0.2) is 9.78 Å². The maximum absolute atomic E-state index is 12.0. The van der Waals surface area contributed by atoms with Gasteiger partial charge in [-0.15, -0.1) is 0 Å². The van der Waals surface area contributed by atoms with Crippen molar-refractivity contribution in [3.05, 3.63) is 28.9 Å². The van der Waals surface area contributed by atoms with Gasteiger partial charge in [-0.3, -0.25) is 14.2 Å². The van der Waals surface area contributed by atoms with Crippen LogP contribution in [0.15, 0.2) is 23.3 Å². The second-order valence-corrected chi connectivity index (χ2v) is 3.83. The molecule has 0 spiro atoms. The van der Waals surface area contributed by atoms with Crippen LogP contribution in [0.25, 0.3) is 0 Å². The molecule has 1 aromatic heterocycles. The monoisotopic (exact) mass is 267 g/mol. The molecule has 7 heteroatoms. The number of amides is 1. The summed E-state index contributed by atoms with van der Waals surface area (Å²) in [5, 5.41) is 0. The molecule has 0 radical (unpaired) electrons. The summed E-state index contributed by atoms with van der Waals surface area (Å²) < 4.78 is 5.75. The van der Waals surface area contributed by atoms with E-state index in [1.54, 1.807) is 13.0 Å². The lowest BCUT2D eigenvalue weighted by Gasteiger charge is -2.20. The van der Waals surface area contributed by atoms with Crippen LogP contribution in [0.5, 0.6) is 0 Å². The number of methoxy groups -OCH3 is 1. The number of hydrogen-bond donors (Lipinski definition) is 0. The van der Waals surface area contributed by atoms with Crippen LogP contribution in [0.1, 0.15) is 13.3 Å². The maximum Gasteiger partial charge on any atom is 0.347 e. The molecule has 0 aliphatic carbocycles. The predicted octanol–water partition coefficient (Wildman–Crippen LogP) is -0.345. The van der Waals surface area contributed by atoms with Crippen molar-refractivity contribution >= 4 is 11.9 Å². The quantitative estimate of drug-likeness (QED) is 0.658. The van der Waals surface area contributed by atoms with Crippen LogP contribution < -0.4 is 5.69 Å². The number of likely N-dealkylation sites (N-methyl/N-ethyl adjacent to an activating group) is 1. The molecule has 0 saturated carbocycles. The van der Waals surface area contributed by atoms with Crippen molar-refractivity contribution in [1.82, 2.24) is 14.5 Å². The Kier molecular flexibility index (Phi) is 5.72. The molecule has 0 bridgehead atoms. The second kappa shape index (κ2) is 7.30. The Morgan fingerprint density at radius 3 is 2.79 bits per heavy atom. The number of carbonyl (C=O) groups is 2. The third-order valence-corrected chi connectivity index (χ3v) is 2.64. The van der Waals surface area contributed by atoms with Crippen LogP contribution in [0.4, 0.5) is 0 Å². The molecule has 0 fully saturated rings. The Morgan fingerprint density at radius 2 is 2.21 bits per heavy atom. The topological polar surface area (TPSA) is 81.5 Å². The molecule has 1 rings (SSSR count). The summed E-state index contributed by atoms with van der Waals surface area (Å²) >= 11 is 0. The van der Waals surface area contributed by atoms with Gasteiger partial charge in [0.05, 0.1) is 13.5 Å². The average Bonchev–Trinajstić information content (AvgIpc) is 2.41. The summed E-state index contributed by atoms with van der Waals surface area (Å²) in [6.45, 7) is 2.46. The molecule has 0 N–H and O–H groups in total. The van der Waals surface area contributed by atoms with Crippen LogP contribution in [0.2, 0.25) is 0 Å². The van der Waals surface area contributed by atoms with Gasteiger partial charge in [-0.2, -0.15) is 0 Å². The fourth-order valence-corrected chi connectivity index (χ4v) is 1.54. The average molecular weight is 267 g/mol. The molecule has 0 aliphatic rings. The zero-order chi connectivity index (χ0) is 14.3. The van der Waals surface area contributed by atoms with Crippen LogP contribution in [0.3, 0.4) is 0 Å². The zero-order valence-electron chi connectivity index (χ0n) is 11.0. The molecule has 1 aromatic rings. The number of rotatable bonds is 6. The third kappa shape index (κ3) is 4.53. The molecule has 0 unspecified atom stereocenters. The van der Waals surface area contributed by atoms with Crippen molar-refractivity contribution in [3.8, 4) is 0 Å². The van der Waals surface area contributed by atoms with Crippen LogP contribution in [-0.2, 0) is 20.9 Å². The molecular formula is C12H17N3O4. The molecule has 1 amide bonds. The van der Waals surface area contributed by atoms with E-state index in [1.807, 2.05) is 0 Å². The van der Waals surface area contributed by atoms with Crippen LogP contribution >= 0.6 is 0 Å². The number of ether oxygens (including phenoxy) is 1. The Labute approximate surface area is 110 Å². The standard InChI is InChI=1S/C12H17N3O4/c1-3-14(8-5-11(17)19-2)10(16)9-15-7-4-6-13-12(15)18/h4,6-7H,3,5,8-9H2,1-2H3. The Morgan fingerprint density at radius 1 is 1.47 bits per heavy atom. The lowest BCUT2D eigenvalue weighted by molar-refractivity contribution is -0.141. The third-order valence-electron chi connectivity index (χ3n) is 2.64. The first-order valence-electron chi connectivity index (χ1n) is 5.94. The molecule has 104 valence electrons. The highest BCUT2D eigenvalue weighted by Crippen LogP contribution is 1.96. The minimum atomic E-state index is -0.472. The molecule has 1 heterocycles. The van der Waals surface area contributed by atoms with Gasteiger partial charge in [-0.1, -0.05) is 0 Å². The predicted molar refractivity (Wildman–Crippen MR) is 67.4 cm³/mol.